The van der Waals surface area contributed by atoms with Crippen LogP contribution in [0.25, 0.3) is 22.0 Å². The predicted octanol–water partition coefficient (Wildman–Crippen LogP) is 4.11. The molecule has 1 aliphatic heterocycles. The third kappa shape index (κ3) is 2.02. The molecule has 22 heavy (non-hydrogen) atoms. The lowest BCUT2D eigenvalue weighted by molar-refractivity contribution is 0.151. The Bertz CT molecular complexity index is 909. The number of terminal acetylenes is 1. The molecular weight excluding hydrogens is 272 g/mol. The predicted molar refractivity (Wildman–Crippen MR) is 89.0 cm³/mol. The lowest BCUT2D eigenvalue weighted by Crippen LogP contribution is -2.05. The van der Waals surface area contributed by atoms with Gasteiger partial charge in [0.05, 0.1) is 18.0 Å². The van der Waals surface area contributed by atoms with Crippen LogP contribution in [0.15, 0.2) is 48.5 Å². The molecule has 1 aromatic heterocycles. The fourth-order valence-electron chi connectivity index (χ4n) is 2.90. The van der Waals surface area contributed by atoms with Gasteiger partial charge >= 0.3 is 0 Å². The first kappa shape index (κ1) is 12.9. The molecule has 0 radical (unpaired) electrons. The highest BCUT2D eigenvalue weighted by Crippen LogP contribution is 2.42. The van der Waals surface area contributed by atoms with Gasteiger partial charge in [0.1, 0.15) is 6.61 Å². The Balaban J connectivity index is 1.92. The van der Waals surface area contributed by atoms with E-state index in [0.29, 0.717) is 13.2 Å². The highest BCUT2D eigenvalue weighted by Gasteiger charge is 2.19. The molecule has 0 atom stereocenters. The third-order valence-electron chi connectivity index (χ3n) is 3.80. The number of hydrogen-bond acceptors (Lipinski definition) is 3. The molecule has 0 aliphatic carbocycles. The molecule has 3 heteroatoms. The average Bonchev–Trinajstić information content (AvgIpc) is 2.55. The molecule has 0 saturated heterocycles. The summed E-state index contributed by atoms with van der Waals surface area (Å²) >= 11 is 0. The molecule has 0 amide bonds. The van der Waals surface area contributed by atoms with Crippen molar-refractivity contribution in [2.75, 3.05) is 11.9 Å². The zero-order valence-corrected chi connectivity index (χ0v) is 12.0. The summed E-state index contributed by atoms with van der Waals surface area (Å²) in [6, 6.07) is 16.5. The van der Waals surface area contributed by atoms with Crippen LogP contribution in [0.2, 0.25) is 0 Å². The molecule has 0 bridgehead atoms. The van der Waals surface area contributed by atoms with Crippen molar-refractivity contribution in [3.8, 4) is 23.6 Å². The van der Waals surface area contributed by atoms with Crippen molar-refractivity contribution in [1.82, 2.24) is 4.98 Å². The van der Waals surface area contributed by atoms with Gasteiger partial charge in [-0.05, 0) is 23.6 Å². The van der Waals surface area contributed by atoms with Gasteiger partial charge in [0.2, 0.25) is 0 Å². The monoisotopic (exact) mass is 286 g/mol. The van der Waals surface area contributed by atoms with Gasteiger partial charge in [-0.3, -0.25) is 0 Å². The molecule has 0 unspecified atom stereocenters. The molecule has 0 spiro atoms. The SMILES string of the molecule is C#CCOCc1cc2cccc3c2c(n1)-c1ccccc1N3. The Kier molecular flexibility index (Phi) is 3.03. The number of para-hydroxylation sites is 1. The zero-order valence-electron chi connectivity index (χ0n) is 12.0. The Morgan fingerprint density at radius 3 is 2.86 bits per heavy atom. The van der Waals surface area contributed by atoms with Crippen LogP contribution in [-0.4, -0.2) is 11.6 Å². The van der Waals surface area contributed by atoms with E-state index in [1.807, 2.05) is 12.1 Å². The summed E-state index contributed by atoms with van der Waals surface area (Å²) in [4.78, 5) is 4.81. The minimum Gasteiger partial charge on any atom is -0.363 e. The van der Waals surface area contributed by atoms with Crippen molar-refractivity contribution in [3.63, 3.8) is 0 Å². The number of hydrogen-bond donors (Lipinski definition) is 1. The van der Waals surface area contributed by atoms with Crippen LogP contribution in [0.5, 0.6) is 0 Å². The highest BCUT2D eigenvalue weighted by molar-refractivity contribution is 6.09. The number of pyridine rings is 1. The number of anilines is 2. The standard InChI is InChI=1S/C19H14N2O/c1-2-10-22-12-14-11-13-6-5-9-17-18(13)19(20-14)15-7-3-4-8-16(15)21-17/h1,3-9,11,21H,10,12H2. The van der Waals surface area contributed by atoms with E-state index in [4.69, 9.17) is 16.1 Å². The van der Waals surface area contributed by atoms with Gasteiger partial charge in [-0.25, -0.2) is 4.98 Å². The maximum atomic E-state index is 5.44. The Morgan fingerprint density at radius 2 is 1.95 bits per heavy atom. The van der Waals surface area contributed by atoms with Crippen LogP contribution < -0.4 is 5.32 Å². The van der Waals surface area contributed by atoms with Crippen LogP contribution in [0.3, 0.4) is 0 Å². The molecule has 106 valence electrons. The maximum Gasteiger partial charge on any atom is 0.107 e. The first-order valence-corrected chi connectivity index (χ1v) is 7.17. The first-order chi connectivity index (χ1) is 10.9. The van der Waals surface area contributed by atoms with Gasteiger partial charge in [0, 0.05) is 22.3 Å². The summed E-state index contributed by atoms with van der Waals surface area (Å²) < 4.78 is 5.44. The largest absolute Gasteiger partial charge is 0.363 e. The summed E-state index contributed by atoms with van der Waals surface area (Å²) in [5, 5.41) is 5.79. The summed E-state index contributed by atoms with van der Waals surface area (Å²) in [5.41, 5.74) is 5.19. The minimum absolute atomic E-state index is 0.299. The molecule has 3 nitrogen and oxygen atoms in total. The number of ether oxygens (including phenoxy) is 1. The van der Waals surface area contributed by atoms with Gasteiger partial charge in [-0.2, -0.15) is 0 Å². The van der Waals surface area contributed by atoms with Crippen molar-refractivity contribution in [1.29, 1.82) is 0 Å². The van der Waals surface area contributed by atoms with Gasteiger partial charge in [-0.15, -0.1) is 6.42 Å². The summed E-state index contributed by atoms with van der Waals surface area (Å²) in [5.74, 6) is 2.48. The molecule has 0 saturated carbocycles. The normalized spacial score (nSPS) is 11.6. The van der Waals surface area contributed by atoms with E-state index < -0.39 is 0 Å². The Morgan fingerprint density at radius 1 is 1.09 bits per heavy atom. The third-order valence-corrected chi connectivity index (χ3v) is 3.80. The van der Waals surface area contributed by atoms with Crippen molar-refractivity contribution < 1.29 is 4.74 Å². The summed E-state index contributed by atoms with van der Waals surface area (Å²) in [7, 11) is 0. The van der Waals surface area contributed by atoms with Crippen molar-refractivity contribution in [2.45, 2.75) is 6.61 Å². The number of fused-ring (bicyclic) bond motifs is 2. The van der Waals surface area contributed by atoms with Crippen LogP contribution in [0, 0.1) is 12.3 Å². The van der Waals surface area contributed by atoms with E-state index >= 15 is 0 Å². The zero-order chi connectivity index (χ0) is 14.9. The molecule has 3 aromatic rings. The van der Waals surface area contributed by atoms with Crippen molar-refractivity contribution in [3.05, 3.63) is 54.2 Å². The molecule has 2 aromatic carbocycles. The maximum absolute atomic E-state index is 5.44. The smallest absolute Gasteiger partial charge is 0.107 e. The van der Waals surface area contributed by atoms with E-state index in [1.165, 1.54) is 0 Å². The molecule has 2 heterocycles. The first-order valence-electron chi connectivity index (χ1n) is 7.17. The lowest BCUT2D eigenvalue weighted by atomic mass is 9.96. The number of nitrogens with one attached hydrogen (secondary N) is 1. The number of rotatable bonds is 3. The van der Waals surface area contributed by atoms with E-state index in [0.717, 1.165) is 39.1 Å². The molecule has 1 N–H and O–H groups in total. The van der Waals surface area contributed by atoms with Crippen LogP contribution in [0.4, 0.5) is 11.4 Å². The molecule has 1 aliphatic rings. The second kappa shape index (κ2) is 5.18. The number of benzene rings is 2. The van der Waals surface area contributed by atoms with E-state index in [2.05, 4.69) is 47.6 Å². The topological polar surface area (TPSA) is 34.1 Å². The van der Waals surface area contributed by atoms with E-state index in [-0.39, 0.29) is 0 Å². The quantitative estimate of drug-likeness (QED) is 0.454. The van der Waals surface area contributed by atoms with E-state index in [9.17, 15) is 0 Å². The fourth-order valence-corrected chi connectivity index (χ4v) is 2.90. The van der Waals surface area contributed by atoms with E-state index in [1.54, 1.807) is 0 Å². The van der Waals surface area contributed by atoms with Crippen molar-refractivity contribution >= 4 is 22.1 Å². The Hall–Kier alpha value is -2.83. The lowest BCUT2D eigenvalue weighted by Gasteiger charge is -2.22. The Labute approximate surface area is 129 Å². The van der Waals surface area contributed by atoms with Gasteiger partial charge in [0.25, 0.3) is 0 Å². The minimum atomic E-state index is 0.299. The van der Waals surface area contributed by atoms with Crippen LogP contribution >= 0.6 is 0 Å². The highest BCUT2D eigenvalue weighted by atomic mass is 16.5. The fraction of sp³-hybridized carbons (Fsp3) is 0.105. The summed E-state index contributed by atoms with van der Waals surface area (Å²) in [6.45, 7) is 0.722. The molecular formula is C19H14N2O. The van der Waals surface area contributed by atoms with Crippen LogP contribution in [0.1, 0.15) is 5.69 Å². The summed E-state index contributed by atoms with van der Waals surface area (Å²) in [6.07, 6.45) is 5.23. The molecule has 0 fully saturated rings. The number of nitrogens with zero attached hydrogens (tertiary/aromatic N) is 1. The van der Waals surface area contributed by atoms with Gasteiger partial charge < -0.3 is 10.1 Å². The van der Waals surface area contributed by atoms with Gasteiger partial charge in [-0.1, -0.05) is 36.3 Å². The van der Waals surface area contributed by atoms with Crippen molar-refractivity contribution in [2.24, 2.45) is 0 Å². The van der Waals surface area contributed by atoms with Gasteiger partial charge in [0.15, 0.2) is 0 Å². The number of aromatic nitrogens is 1. The average molecular weight is 286 g/mol. The second-order valence-corrected chi connectivity index (χ2v) is 5.23. The molecule has 4 rings (SSSR count). The van der Waals surface area contributed by atoms with Crippen LogP contribution in [-0.2, 0) is 11.3 Å². The second-order valence-electron chi connectivity index (χ2n) is 5.23.